The minimum Gasteiger partial charge on any atom is -0.351 e. The Hall–Kier alpha value is -1.31. The predicted octanol–water partition coefficient (Wildman–Crippen LogP) is 2.16. The van der Waals surface area contributed by atoms with Gasteiger partial charge in [-0.1, -0.05) is 12.2 Å². The Morgan fingerprint density at radius 1 is 1.40 bits per heavy atom. The van der Waals surface area contributed by atoms with Gasteiger partial charge in [0.25, 0.3) is 0 Å². The lowest BCUT2D eigenvalue weighted by molar-refractivity contribution is 1.31. The number of nitrogens with zero attached hydrogens (tertiary/aromatic N) is 1. The maximum absolute atomic E-state index is 3.67. The van der Waals surface area contributed by atoms with E-state index in [1.165, 1.54) is 0 Å². The van der Waals surface area contributed by atoms with Crippen LogP contribution >= 0.6 is 0 Å². The summed E-state index contributed by atoms with van der Waals surface area (Å²) < 4.78 is 0. The van der Waals surface area contributed by atoms with Gasteiger partial charge in [-0.05, 0) is 6.42 Å². The van der Waals surface area contributed by atoms with Crippen LogP contribution in [0.5, 0.6) is 0 Å². The van der Waals surface area contributed by atoms with Gasteiger partial charge < -0.3 is 4.98 Å². The van der Waals surface area contributed by atoms with Gasteiger partial charge >= 0.3 is 0 Å². The maximum atomic E-state index is 3.67. The van der Waals surface area contributed by atoms with Gasteiger partial charge in [-0.2, -0.15) is 0 Å². The van der Waals surface area contributed by atoms with Crippen LogP contribution in [0.2, 0.25) is 0 Å². The number of aromatic amines is 1. The molecule has 2 heteroatoms. The van der Waals surface area contributed by atoms with E-state index in [4.69, 9.17) is 0 Å². The second-order valence-corrected chi connectivity index (χ2v) is 1.57. The Labute approximate surface area is 61.3 Å². The molecule has 0 aliphatic carbocycles. The van der Waals surface area contributed by atoms with Crippen LogP contribution in [0.25, 0.3) is 0 Å². The van der Waals surface area contributed by atoms with E-state index in [1.54, 1.807) is 18.7 Å². The number of aromatic nitrogens is 2. The molecule has 10 heavy (non-hydrogen) atoms. The average Bonchev–Trinajstić information content (AvgIpc) is 2.44. The highest BCUT2D eigenvalue weighted by Gasteiger charge is 1.56. The molecule has 0 unspecified atom stereocenters. The summed E-state index contributed by atoms with van der Waals surface area (Å²) in [5.41, 5.74) is 0. The van der Waals surface area contributed by atoms with Gasteiger partial charge in [-0.25, -0.2) is 4.98 Å². The van der Waals surface area contributed by atoms with E-state index in [-0.39, 0.29) is 0 Å². The third-order valence-corrected chi connectivity index (χ3v) is 0.739. The highest BCUT2D eigenvalue weighted by atomic mass is 14.8. The van der Waals surface area contributed by atoms with Crippen molar-refractivity contribution in [3.63, 3.8) is 0 Å². The van der Waals surface area contributed by atoms with Crippen LogP contribution in [0.4, 0.5) is 0 Å². The molecule has 0 aliphatic heterocycles. The summed E-state index contributed by atoms with van der Waals surface area (Å²) in [4.78, 5) is 6.42. The molecule has 0 spiro atoms. The van der Waals surface area contributed by atoms with Crippen molar-refractivity contribution in [2.75, 3.05) is 0 Å². The SMILES string of the molecule is C=CCC=C.c1c[nH]cn1. The van der Waals surface area contributed by atoms with Crippen LogP contribution in [-0.2, 0) is 0 Å². The first-order valence-electron chi connectivity index (χ1n) is 3.06. The van der Waals surface area contributed by atoms with E-state index < -0.39 is 0 Å². The highest BCUT2D eigenvalue weighted by molar-refractivity contribution is 4.79. The average molecular weight is 136 g/mol. The van der Waals surface area contributed by atoms with Gasteiger partial charge in [0.2, 0.25) is 0 Å². The molecule has 0 atom stereocenters. The number of nitrogens with one attached hydrogen (secondary N) is 1. The largest absolute Gasteiger partial charge is 0.351 e. The second kappa shape index (κ2) is 7.69. The topological polar surface area (TPSA) is 28.7 Å². The van der Waals surface area contributed by atoms with Crippen LogP contribution in [0.3, 0.4) is 0 Å². The first kappa shape index (κ1) is 8.69. The van der Waals surface area contributed by atoms with Crippen molar-refractivity contribution in [2.45, 2.75) is 6.42 Å². The van der Waals surface area contributed by atoms with Crippen molar-refractivity contribution in [3.8, 4) is 0 Å². The Morgan fingerprint density at radius 3 is 2.20 bits per heavy atom. The second-order valence-electron chi connectivity index (χ2n) is 1.57. The molecule has 1 N–H and O–H groups in total. The quantitative estimate of drug-likeness (QED) is 0.620. The highest BCUT2D eigenvalue weighted by Crippen LogP contribution is 1.73. The number of hydrogen-bond acceptors (Lipinski definition) is 1. The van der Waals surface area contributed by atoms with Crippen LogP contribution in [0.15, 0.2) is 44.0 Å². The van der Waals surface area contributed by atoms with Gasteiger partial charge in [-0.15, -0.1) is 13.2 Å². The van der Waals surface area contributed by atoms with Crippen molar-refractivity contribution in [1.82, 2.24) is 9.97 Å². The first-order chi connectivity index (χ1) is 4.91. The molecular weight excluding hydrogens is 124 g/mol. The van der Waals surface area contributed by atoms with Gasteiger partial charge in [0.05, 0.1) is 6.33 Å². The number of hydrogen-bond donors (Lipinski definition) is 1. The lowest BCUT2D eigenvalue weighted by Crippen LogP contribution is -1.44. The Morgan fingerprint density at radius 2 is 2.10 bits per heavy atom. The van der Waals surface area contributed by atoms with Crippen molar-refractivity contribution in [2.24, 2.45) is 0 Å². The normalized spacial score (nSPS) is 7.20. The lowest BCUT2D eigenvalue weighted by atomic mass is 10.4. The number of rotatable bonds is 2. The minimum atomic E-state index is 0.917. The van der Waals surface area contributed by atoms with Crippen LogP contribution in [0, 0.1) is 0 Å². The lowest BCUT2D eigenvalue weighted by Gasteiger charge is -1.64. The first-order valence-corrected chi connectivity index (χ1v) is 3.06. The van der Waals surface area contributed by atoms with Crippen LogP contribution in [0.1, 0.15) is 6.42 Å². The summed E-state index contributed by atoms with van der Waals surface area (Å²) in [6, 6.07) is 0. The maximum Gasteiger partial charge on any atom is 0.0919 e. The number of imidazole rings is 1. The van der Waals surface area contributed by atoms with Crippen molar-refractivity contribution in [3.05, 3.63) is 44.0 Å². The zero-order valence-corrected chi connectivity index (χ0v) is 5.96. The molecule has 0 saturated heterocycles. The van der Waals surface area contributed by atoms with Gasteiger partial charge in [0.1, 0.15) is 0 Å². The van der Waals surface area contributed by atoms with Crippen LogP contribution < -0.4 is 0 Å². The van der Waals surface area contributed by atoms with E-state index in [0.29, 0.717) is 0 Å². The molecule has 2 nitrogen and oxygen atoms in total. The molecule has 0 radical (unpaired) electrons. The smallest absolute Gasteiger partial charge is 0.0919 e. The molecule has 1 heterocycles. The molecule has 0 aliphatic rings. The zero-order chi connectivity index (χ0) is 7.66. The van der Waals surface area contributed by atoms with Crippen molar-refractivity contribution >= 4 is 0 Å². The predicted molar refractivity (Wildman–Crippen MR) is 43.6 cm³/mol. The van der Waals surface area contributed by atoms with E-state index in [0.717, 1.165) is 6.42 Å². The summed E-state index contributed by atoms with van der Waals surface area (Å²) in [5, 5.41) is 0. The van der Waals surface area contributed by atoms with E-state index in [1.807, 2.05) is 12.2 Å². The summed E-state index contributed by atoms with van der Waals surface area (Å²) in [6.45, 7) is 6.96. The summed E-state index contributed by atoms with van der Waals surface area (Å²) in [5.74, 6) is 0. The minimum absolute atomic E-state index is 0.917. The molecule has 0 saturated carbocycles. The fraction of sp³-hybridized carbons (Fsp3) is 0.125. The molecule has 1 aromatic heterocycles. The molecule has 0 aromatic carbocycles. The van der Waals surface area contributed by atoms with Crippen molar-refractivity contribution < 1.29 is 0 Å². The Kier molecular flexibility index (Phi) is 6.68. The van der Waals surface area contributed by atoms with Gasteiger partial charge in [0.15, 0.2) is 0 Å². The molecule has 0 amide bonds. The van der Waals surface area contributed by atoms with E-state index >= 15 is 0 Å². The monoisotopic (exact) mass is 136 g/mol. The third-order valence-electron chi connectivity index (χ3n) is 0.739. The molecule has 0 bridgehead atoms. The Balaban J connectivity index is 0.000000162. The van der Waals surface area contributed by atoms with Gasteiger partial charge in [0, 0.05) is 12.4 Å². The standard InChI is InChI=1S/C5H8.C3H4N2/c1-3-5-4-2;1-2-5-3-4-1/h3-4H,1-2,5H2;1-3H,(H,4,5). The summed E-state index contributed by atoms with van der Waals surface area (Å²) in [6.07, 6.45) is 9.62. The molecule has 0 fully saturated rings. The third kappa shape index (κ3) is 6.69. The summed E-state index contributed by atoms with van der Waals surface area (Å²) >= 11 is 0. The Bertz CT molecular complexity index is 131. The van der Waals surface area contributed by atoms with Crippen LogP contribution in [-0.4, -0.2) is 9.97 Å². The number of H-pyrrole nitrogens is 1. The zero-order valence-electron chi connectivity index (χ0n) is 5.96. The van der Waals surface area contributed by atoms with Gasteiger partial charge in [-0.3, -0.25) is 0 Å². The number of allylic oxidation sites excluding steroid dienone is 2. The fourth-order valence-corrected chi connectivity index (χ4v) is 0.333. The molecular formula is C8H12N2. The molecule has 1 rings (SSSR count). The molecule has 54 valence electrons. The summed E-state index contributed by atoms with van der Waals surface area (Å²) in [7, 11) is 0. The van der Waals surface area contributed by atoms with E-state index in [9.17, 15) is 0 Å². The molecule has 1 aromatic rings. The van der Waals surface area contributed by atoms with Crippen molar-refractivity contribution in [1.29, 1.82) is 0 Å². The fourth-order valence-electron chi connectivity index (χ4n) is 0.333. The van der Waals surface area contributed by atoms with E-state index in [2.05, 4.69) is 23.1 Å².